The van der Waals surface area contributed by atoms with E-state index in [0.29, 0.717) is 6.54 Å². The second kappa shape index (κ2) is 8.38. The van der Waals surface area contributed by atoms with Gasteiger partial charge < -0.3 is 20.3 Å². The molecule has 1 aromatic rings. The summed E-state index contributed by atoms with van der Waals surface area (Å²) in [5, 5.41) is 5.44. The smallest absolute Gasteiger partial charge is 0.242 e. The number of amides is 2. The number of carbonyl (C=O) groups is 2. The molecule has 0 heterocycles. The number of hydrogen-bond acceptors (Lipinski definition) is 4. The summed E-state index contributed by atoms with van der Waals surface area (Å²) in [6, 6.07) is 7.14. The maximum atomic E-state index is 12.0. The van der Waals surface area contributed by atoms with Gasteiger partial charge in [-0.3, -0.25) is 9.59 Å². The van der Waals surface area contributed by atoms with Gasteiger partial charge in [-0.05, 0) is 27.1 Å². The third-order valence-corrected chi connectivity index (χ3v) is 3.40. The van der Waals surface area contributed by atoms with E-state index >= 15 is 0 Å². The van der Waals surface area contributed by atoms with Gasteiger partial charge in [-0.1, -0.05) is 18.2 Å². The number of carbonyl (C=O) groups excluding carboxylic acids is 2. The lowest BCUT2D eigenvalue weighted by atomic mass is 10.0. The Kier molecular flexibility index (Phi) is 6.85. The SMILES string of the molecule is COc1ccccc1C(CNC(=O)C(C)NC(C)=O)N(C)C. The van der Waals surface area contributed by atoms with Gasteiger partial charge in [-0.25, -0.2) is 0 Å². The summed E-state index contributed by atoms with van der Waals surface area (Å²) in [4.78, 5) is 25.0. The number of nitrogens with one attached hydrogen (secondary N) is 2. The van der Waals surface area contributed by atoms with Gasteiger partial charge in [0.25, 0.3) is 0 Å². The normalized spacial score (nSPS) is 13.4. The molecule has 0 aliphatic carbocycles. The highest BCUT2D eigenvalue weighted by Gasteiger charge is 2.20. The molecule has 6 heteroatoms. The van der Waals surface area contributed by atoms with Crippen molar-refractivity contribution in [3.8, 4) is 5.75 Å². The lowest BCUT2D eigenvalue weighted by molar-refractivity contribution is -0.127. The van der Waals surface area contributed by atoms with Crippen LogP contribution in [0.1, 0.15) is 25.5 Å². The number of para-hydroxylation sites is 1. The topological polar surface area (TPSA) is 70.7 Å². The highest BCUT2D eigenvalue weighted by atomic mass is 16.5. The standard InChI is InChI=1S/C16H25N3O3/c1-11(18-12(2)20)16(21)17-10-14(19(3)4)13-8-6-7-9-15(13)22-5/h6-9,11,14H,10H2,1-5H3,(H,17,21)(H,18,20). The first-order chi connectivity index (χ1) is 10.4. The zero-order valence-electron chi connectivity index (χ0n) is 13.8. The third-order valence-electron chi connectivity index (χ3n) is 3.40. The van der Waals surface area contributed by atoms with Crippen LogP contribution in [-0.4, -0.2) is 50.5 Å². The van der Waals surface area contributed by atoms with Gasteiger partial charge in [0.15, 0.2) is 0 Å². The summed E-state index contributed by atoms with van der Waals surface area (Å²) >= 11 is 0. The van der Waals surface area contributed by atoms with Crippen LogP contribution in [0.3, 0.4) is 0 Å². The molecule has 1 aromatic carbocycles. The van der Waals surface area contributed by atoms with Crippen LogP contribution in [-0.2, 0) is 9.59 Å². The minimum atomic E-state index is -0.557. The number of methoxy groups -OCH3 is 1. The third kappa shape index (κ3) is 5.04. The molecule has 22 heavy (non-hydrogen) atoms. The Morgan fingerprint density at radius 1 is 1.27 bits per heavy atom. The minimum absolute atomic E-state index is 0.0235. The quantitative estimate of drug-likeness (QED) is 0.786. The van der Waals surface area contributed by atoms with E-state index in [1.54, 1.807) is 14.0 Å². The van der Waals surface area contributed by atoms with Crippen molar-refractivity contribution in [1.29, 1.82) is 0 Å². The van der Waals surface area contributed by atoms with E-state index in [1.807, 2.05) is 43.3 Å². The monoisotopic (exact) mass is 307 g/mol. The molecule has 6 nitrogen and oxygen atoms in total. The molecule has 122 valence electrons. The number of likely N-dealkylation sites (N-methyl/N-ethyl adjacent to an activating group) is 1. The van der Waals surface area contributed by atoms with Crippen molar-refractivity contribution in [2.75, 3.05) is 27.7 Å². The van der Waals surface area contributed by atoms with Crippen LogP contribution in [0.25, 0.3) is 0 Å². The van der Waals surface area contributed by atoms with Crippen molar-refractivity contribution in [3.63, 3.8) is 0 Å². The Morgan fingerprint density at radius 2 is 1.91 bits per heavy atom. The molecule has 0 aliphatic heterocycles. The summed E-state index contributed by atoms with van der Waals surface area (Å²) in [6.07, 6.45) is 0. The molecule has 2 unspecified atom stereocenters. The average Bonchev–Trinajstić information content (AvgIpc) is 2.46. The van der Waals surface area contributed by atoms with Gasteiger partial charge in [-0.15, -0.1) is 0 Å². The number of ether oxygens (including phenoxy) is 1. The van der Waals surface area contributed by atoms with E-state index in [-0.39, 0.29) is 17.9 Å². The first-order valence-electron chi connectivity index (χ1n) is 7.21. The van der Waals surface area contributed by atoms with Crippen molar-refractivity contribution in [3.05, 3.63) is 29.8 Å². The van der Waals surface area contributed by atoms with Crippen LogP contribution >= 0.6 is 0 Å². The van der Waals surface area contributed by atoms with E-state index in [9.17, 15) is 9.59 Å². The van der Waals surface area contributed by atoms with Crippen LogP contribution in [0.5, 0.6) is 5.75 Å². The first-order valence-corrected chi connectivity index (χ1v) is 7.21. The maximum absolute atomic E-state index is 12.0. The molecule has 0 aromatic heterocycles. The van der Waals surface area contributed by atoms with E-state index in [2.05, 4.69) is 10.6 Å². The molecule has 2 N–H and O–H groups in total. The predicted molar refractivity (Wildman–Crippen MR) is 85.7 cm³/mol. The summed E-state index contributed by atoms with van der Waals surface area (Å²) in [5.41, 5.74) is 1.00. The molecular formula is C16H25N3O3. The van der Waals surface area contributed by atoms with Gasteiger partial charge in [0.05, 0.1) is 13.2 Å². The number of benzene rings is 1. The molecule has 0 spiro atoms. The molecule has 1 rings (SSSR count). The van der Waals surface area contributed by atoms with E-state index in [4.69, 9.17) is 4.74 Å². The van der Waals surface area contributed by atoms with Crippen LogP contribution in [0.4, 0.5) is 0 Å². The van der Waals surface area contributed by atoms with Crippen LogP contribution in [0, 0.1) is 0 Å². The van der Waals surface area contributed by atoms with Crippen molar-refractivity contribution in [2.45, 2.75) is 25.9 Å². The zero-order valence-corrected chi connectivity index (χ0v) is 13.8. The van der Waals surface area contributed by atoms with Crippen molar-refractivity contribution >= 4 is 11.8 Å². The Hall–Kier alpha value is -2.08. The second-order valence-electron chi connectivity index (χ2n) is 5.39. The van der Waals surface area contributed by atoms with Crippen LogP contribution < -0.4 is 15.4 Å². The molecule has 0 saturated heterocycles. The largest absolute Gasteiger partial charge is 0.496 e. The number of nitrogens with zero attached hydrogens (tertiary/aromatic N) is 1. The highest BCUT2D eigenvalue weighted by molar-refractivity contribution is 5.86. The van der Waals surface area contributed by atoms with Gasteiger partial charge in [-0.2, -0.15) is 0 Å². The molecule has 2 atom stereocenters. The van der Waals surface area contributed by atoms with Crippen molar-refractivity contribution in [2.24, 2.45) is 0 Å². The van der Waals surface area contributed by atoms with Gasteiger partial charge >= 0.3 is 0 Å². The average molecular weight is 307 g/mol. The van der Waals surface area contributed by atoms with Gasteiger partial charge in [0.2, 0.25) is 11.8 Å². The van der Waals surface area contributed by atoms with E-state index in [1.165, 1.54) is 6.92 Å². The molecule has 0 fully saturated rings. The fraction of sp³-hybridized carbons (Fsp3) is 0.500. The summed E-state index contributed by atoms with van der Waals surface area (Å²) in [6.45, 7) is 3.47. The molecule has 0 bridgehead atoms. The lowest BCUT2D eigenvalue weighted by Gasteiger charge is -2.27. The first kappa shape index (κ1) is 18.0. The summed E-state index contributed by atoms with van der Waals surface area (Å²) in [7, 11) is 5.52. The fourth-order valence-corrected chi connectivity index (χ4v) is 2.23. The number of hydrogen-bond donors (Lipinski definition) is 2. The number of rotatable bonds is 7. The highest BCUT2D eigenvalue weighted by Crippen LogP contribution is 2.27. The molecule has 0 saturated carbocycles. The van der Waals surface area contributed by atoms with Crippen LogP contribution in [0.15, 0.2) is 24.3 Å². The molecule has 0 aliphatic rings. The summed E-state index contributed by atoms with van der Waals surface area (Å²) < 4.78 is 5.39. The molecule has 2 amide bonds. The second-order valence-corrected chi connectivity index (χ2v) is 5.39. The Labute approximate surface area is 131 Å². The minimum Gasteiger partial charge on any atom is -0.496 e. The Balaban J connectivity index is 2.77. The van der Waals surface area contributed by atoms with Crippen molar-refractivity contribution in [1.82, 2.24) is 15.5 Å². The Morgan fingerprint density at radius 3 is 2.45 bits per heavy atom. The Bertz CT molecular complexity index is 517. The molecule has 0 radical (unpaired) electrons. The predicted octanol–water partition coefficient (Wildman–Crippen LogP) is 0.939. The molecular weight excluding hydrogens is 282 g/mol. The maximum Gasteiger partial charge on any atom is 0.242 e. The van der Waals surface area contributed by atoms with E-state index in [0.717, 1.165) is 11.3 Å². The van der Waals surface area contributed by atoms with Crippen LogP contribution in [0.2, 0.25) is 0 Å². The lowest BCUT2D eigenvalue weighted by Crippen LogP contribution is -2.46. The van der Waals surface area contributed by atoms with Crippen molar-refractivity contribution < 1.29 is 14.3 Å². The summed E-state index contributed by atoms with van der Waals surface area (Å²) in [5.74, 6) is 0.346. The fourth-order valence-electron chi connectivity index (χ4n) is 2.23. The zero-order chi connectivity index (χ0) is 16.7. The van der Waals surface area contributed by atoms with E-state index < -0.39 is 6.04 Å². The van der Waals surface area contributed by atoms with Gasteiger partial charge in [0, 0.05) is 19.0 Å². The van der Waals surface area contributed by atoms with Gasteiger partial charge in [0.1, 0.15) is 11.8 Å².